The summed E-state index contributed by atoms with van der Waals surface area (Å²) in [6.07, 6.45) is 0.117. The molecule has 104 valence electrons. The third kappa shape index (κ3) is 7.61. The lowest BCUT2D eigenvalue weighted by molar-refractivity contribution is -0.142. The molecule has 0 rings (SSSR count). The van der Waals surface area contributed by atoms with Gasteiger partial charge in [0.25, 0.3) is 0 Å². The first kappa shape index (κ1) is 16.4. The molecule has 0 aliphatic carbocycles. The standard InChI is InChI=1S/C11H20N2O5/c1-9(14)12-8-10(15)13(6-7-17-2)5-4-11(16)18-3/h4-8H2,1-3H3,(H,12,14). The molecule has 18 heavy (non-hydrogen) atoms. The van der Waals surface area contributed by atoms with E-state index in [1.807, 2.05) is 0 Å². The highest BCUT2D eigenvalue weighted by Gasteiger charge is 2.15. The van der Waals surface area contributed by atoms with E-state index in [4.69, 9.17) is 4.74 Å². The van der Waals surface area contributed by atoms with E-state index in [0.717, 1.165) is 0 Å². The van der Waals surface area contributed by atoms with Gasteiger partial charge in [-0.05, 0) is 0 Å². The van der Waals surface area contributed by atoms with Crippen LogP contribution in [0.4, 0.5) is 0 Å². The van der Waals surface area contributed by atoms with Gasteiger partial charge in [0.05, 0.1) is 26.7 Å². The number of rotatable bonds is 8. The molecule has 0 radical (unpaired) electrons. The average Bonchev–Trinajstić information content (AvgIpc) is 2.35. The Morgan fingerprint density at radius 1 is 1.17 bits per heavy atom. The van der Waals surface area contributed by atoms with Crippen molar-refractivity contribution in [2.24, 2.45) is 0 Å². The second-order valence-corrected chi connectivity index (χ2v) is 3.61. The summed E-state index contributed by atoms with van der Waals surface area (Å²) in [6, 6.07) is 0. The fourth-order valence-corrected chi connectivity index (χ4v) is 1.20. The normalized spacial score (nSPS) is 9.72. The first-order chi connectivity index (χ1) is 8.51. The molecule has 0 saturated carbocycles. The van der Waals surface area contributed by atoms with Crippen molar-refractivity contribution in [3.63, 3.8) is 0 Å². The molecule has 0 aliphatic heterocycles. The summed E-state index contributed by atoms with van der Waals surface area (Å²) in [5, 5.41) is 2.42. The van der Waals surface area contributed by atoms with Crippen molar-refractivity contribution >= 4 is 17.8 Å². The molecule has 0 heterocycles. The Labute approximate surface area is 106 Å². The van der Waals surface area contributed by atoms with E-state index in [-0.39, 0.29) is 37.3 Å². The van der Waals surface area contributed by atoms with Crippen LogP contribution in [0.15, 0.2) is 0 Å². The predicted octanol–water partition coefficient (Wildman–Crippen LogP) is -0.839. The van der Waals surface area contributed by atoms with E-state index < -0.39 is 0 Å². The molecule has 0 saturated heterocycles. The number of hydrogen-bond acceptors (Lipinski definition) is 5. The van der Waals surface area contributed by atoms with Gasteiger partial charge in [-0.3, -0.25) is 14.4 Å². The molecule has 0 bridgehead atoms. The summed E-state index contributed by atoms with van der Waals surface area (Å²) in [5.41, 5.74) is 0. The Balaban J connectivity index is 4.22. The van der Waals surface area contributed by atoms with Gasteiger partial charge in [-0.15, -0.1) is 0 Å². The molecule has 0 spiro atoms. The third-order valence-corrected chi connectivity index (χ3v) is 2.22. The Morgan fingerprint density at radius 2 is 1.83 bits per heavy atom. The molecule has 0 aromatic rings. The highest BCUT2D eigenvalue weighted by molar-refractivity contribution is 5.84. The van der Waals surface area contributed by atoms with Crippen molar-refractivity contribution in [1.29, 1.82) is 0 Å². The van der Waals surface area contributed by atoms with Gasteiger partial charge in [-0.1, -0.05) is 0 Å². The molecule has 0 fully saturated rings. The number of amides is 2. The van der Waals surface area contributed by atoms with Crippen molar-refractivity contribution in [2.75, 3.05) is 40.5 Å². The van der Waals surface area contributed by atoms with Crippen molar-refractivity contribution in [3.8, 4) is 0 Å². The monoisotopic (exact) mass is 260 g/mol. The van der Waals surface area contributed by atoms with Crippen LogP contribution in [0.1, 0.15) is 13.3 Å². The molecule has 7 heteroatoms. The van der Waals surface area contributed by atoms with Crippen LogP contribution >= 0.6 is 0 Å². The first-order valence-corrected chi connectivity index (χ1v) is 5.59. The first-order valence-electron chi connectivity index (χ1n) is 5.59. The number of ether oxygens (including phenoxy) is 2. The summed E-state index contributed by atoms with van der Waals surface area (Å²) < 4.78 is 9.39. The van der Waals surface area contributed by atoms with Crippen LogP contribution in [0.5, 0.6) is 0 Å². The number of carbonyl (C=O) groups excluding carboxylic acids is 3. The molecule has 7 nitrogen and oxygen atoms in total. The van der Waals surface area contributed by atoms with Gasteiger partial charge in [0, 0.05) is 27.1 Å². The summed E-state index contributed by atoms with van der Waals surface area (Å²) in [7, 11) is 2.82. The smallest absolute Gasteiger partial charge is 0.307 e. The van der Waals surface area contributed by atoms with Gasteiger partial charge < -0.3 is 19.7 Å². The van der Waals surface area contributed by atoms with Gasteiger partial charge in [-0.2, -0.15) is 0 Å². The Bertz CT molecular complexity index is 293. The highest BCUT2D eigenvalue weighted by atomic mass is 16.5. The van der Waals surface area contributed by atoms with Crippen LogP contribution in [0.2, 0.25) is 0 Å². The van der Waals surface area contributed by atoms with Gasteiger partial charge in [-0.25, -0.2) is 0 Å². The second kappa shape index (κ2) is 9.41. The largest absolute Gasteiger partial charge is 0.469 e. The highest BCUT2D eigenvalue weighted by Crippen LogP contribution is 1.95. The van der Waals surface area contributed by atoms with Crippen LogP contribution < -0.4 is 5.32 Å². The molecule has 2 amide bonds. The molecular formula is C11H20N2O5. The summed E-state index contributed by atoms with van der Waals surface area (Å²) in [6.45, 7) is 2.23. The molecule has 0 aromatic carbocycles. The number of methoxy groups -OCH3 is 2. The third-order valence-electron chi connectivity index (χ3n) is 2.22. The molecule has 0 aliphatic rings. The fourth-order valence-electron chi connectivity index (χ4n) is 1.20. The second-order valence-electron chi connectivity index (χ2n) is 3.61. The number of hydrogen-bond donors (Lipinski definition) is 1. The number of carbonyl (C=O) groups is 3. The quantitative estimate of drug-likeness (QED) is 0.575. The molecule has 0 atom stereocenters. The van der Waals surface area contributed by atoms with Gasteiger partial charge >= 0.3 is 5.97 Å². The molecule has 0 unspecified atom stereocenters. The summed E-state index contributed by atoms with van der Waals surface area (Å²) in [4.78, 5) is 34.9. The molecular weight excluding hydrogens is 240 g/mol. The predicted molar refractivity (Wildman–Crippen MR) is 63.8 cm³/mol. The summed E-state index contributed by atoms with van der Waals surface area (Å²) in [5.74, 6) is -0.918. The van der Waals surface area contributed by atoms with Crippen molar-refractivity contribution in [3.05, 3.63) is 0 Å². The minimum Gasteiger partial charge on any atom is -0.469 e. The van der Waals surface area contributed by atoms with E-state index in [0.29, 0.717) is 13.2 Å². The van der Waals surface area contributed by atoms with Crippen molar-refractivity contribution < 1.29 is 23.9 Å². The average molecular weight is 260 g/mol. The number of nitrogens with one attached hydrogen (secondary N) is 1. The molecule has 0 aromatic heterocycles. The SMILES string of the molecule is COCCN(CCC(=O)OC)C(=O)CNC(C)=O. The zero-order chi connectivity index (χ0) is 14.0. The van der Waals surface area contributed by atoms with Crippen molar-refractivity contribution in [1.82, 2.24) is 10.2 Å². The van der Waals surface area contributed by atoms with Crippen molar-refractivity contribution in [2.45, 2.75) is 13.3 Å². The van der Waals surface area contributed by atoms with Crippen LogP contribution in [-0.2, 0) is 23.9 Å². The Morgan fingerprint density at radius 3 is 2.33 bits per heavy atom. The zero-order valence-corrected chi connectivity index (χ0v) is 11.0. The lowest BCUT2D eigenvalue weighted by Gasteiger charge is -2.21. The van der Waals surface area contributed by atoms with Gasteiger partial charge in [0.15, 0.2) is 0 Å². The fraction of sp³-hybridized carbons (Fsp3) is 0.727. The zero-order valence-electron chi connectivity index (χ0n) is 11.0. The number of nitrogens with zero attached hydrogens (tertiary/aromatic N) is 1. The Hall–Kier alpha value is -1.63. The topological polar surface area (TPSA) is 84.9 Å². The van der Waals surface area contributed by atoms with Crippen LogP contribution in [0, 0.1) is 0 Å². The van der Waals surface area contributed by atoms with Crippen LogP contribution in [0.25, 0.3) is 0 Å². The minimum absolute atomic E-state index is 0.0831. The maximum absolute atomic E-state index is 11.8. The lowest BCUT2D eigenvalue weighted by atomic mass is 10.3. The van der Waals surface area contributed by atoms with Crippen LogP contribution in [0.3, 0.4) is 0 Å². The Kier molecular flexibility index (Phi) is 8.55. The van der Waals surface area contributed by atoms with E-state index >= 15 is 0 Å². The molecule has 1 N–H and O–H groups in total. The number of esters is 1. The van der Waals surface area contributed by atoms with E-state index in [2.05, 4.69) is 10.1 Å². The van der Waals surface area contributed by atoms with E-state index in [1.54, 1.807) is 0 Å². The maximum atomic E-state index is 11.8. The van der Waals surface area contributed by atoms with Gasteiger partial charge in [0.2, 0.25) is 11.8 Å². The van der Waals surface area contributed by atoms with E-state index in [9.17, 15) is 14.4 Å². The minimum atomic E-state index is -0.384. The van der Waals surface area contributed by atoms with Crippen LogP contribution in [-0.4, -0.2) is 63.1 Å². The summed E-state index contributed by atoms with van der Waals surface area (Å²) >= 11 is 0. The lowest BCUT2D eigenvalue weighted by Crippen LogP contribution is -2.42. The maximum Gasteiger partial charge on any atom is 0.307 e. The van der Waals surface area contributed by atoms with Gasteiger partial charge in [0.1, 0.15) is 0 Å². The van der Waals surface area contributed by atoms with E-state index in [1.165, 1.54) is 26.0 Å².